The number of methoxy groups -OCH3 is 1. The number of rotatable bonds is 5. The van der Waals surface area contributed by atoms with Gasteiger partial charge in [-0.1, -0.05) is 0 Å². The minimum Gasteiger partial charge on any atom is -0.497 e. The number of halogens is 3. The molecule has 2 aromatic carbocycles. The number of thiazole rings is 1. The first-order chi connectivity index (χ1) is 15.2. The lowest BCUT2D eigenvalue weighted by molar-refractivity contribution is -0.137. The summed E-state index contributed by atoms with van der Waals surface area (Å²) in [7, 11) is 1.59. The fraction of sp³-hybridized carbons (Fsp3) is 0.136. The zero-order chi connectivity index (χ0) is 22.9. The summed E-state index contributed by atoms with van der Waals surface area (Å²) in [5, 5.41) is 9.49. The molecule has 1 N–H and O–H groups in total. The number of hydrogen-bond acceptors (Lipinski definition) is 5. The zero-order valence-electron chi connectivity index (χ0n) is 17.0. The summed E-state index contributed by atoms with van der Waals surface area (Å²) in [4.78, 5) is 17.2. The number of aryl methyl sites for hydroxylation is 1. The first-order valence-corrected chi connectivity index (χ1v) is 10.3. The van der Waals surface area contributed by atoms with Crippen molar-refractivity contribution in [2.75, 3.05) is 12.4 Å². The maximum Gasteiger partial charge on any atom is 0.416 e. The molecule has 0 bridgehead atoms. The average molecular weight is 458 g/mol. The lowest BCUT2D eigenvalue weighted by Crippen LogP contribution is -2.15. The number of nitrogens with zero attached hydrogens (tertiary/aromatic N) is 3. The van der Waals surface area contributed by atoms with Crippen LogP contribution in [-0.2, 0) is 6.18 Å². The van der Waals surface area contributed by atoms with Crippen molar-refractivity contribution in [2.45, 2.75) is 13.1 Å². The van der Waals surface area contributed by atoms with Crippen LogP contribution in [0.4, 0.5) is 19.0 Å². The number of benzene rings is 2. The van der Waals surface area contributed by atoms with Crippen LogP contribution in [0.3, 0.4) is 0 Å². The van der Waals surface area contributed by atoms with Gasteiger partial charge in [-0.25, -0.2) is 4.98 Å². The Morgan fingerprint density at radius 2 is 1.78 bits per heavy atom. The van der Waals surface area contributed by atoms with E-state index >= 15 is 0 Å². The topological polar surface area (TPSA) is 69.0 Å². The molecule has 0 aliphatic heterocycles. The van der Waals surface area contributed by atoms with Crippen LogP contribution >= 0.6 is 11.3 Å². The van der Waals surface area contributed by atoms with Gasteiger partial charge in [-0.15, -0.1) is 11.3 Å². The minimum absolute atomic E-state index is 0.0986. The predicted octanol–water partition coefficient (Wildman–Crippen LogP) is 5.58. The molecule has 0 aliphatic carbocycles. The third-order valence-corrected chi connectivity index (χ3v) is 5.42. The largest absolute Gasteiger partial charge is 0.497 e. The predicted molar refractivity (Wildman–Crippen MR) is 115 cm³/mol. The summed E-state index contributed by atoms with van der Waals surface area (Å²) >= 11 is 1.34. The van der Waals surface area contributed by atoms with Gasteiger partial charge < -0.3 is 10.1 Å². The smallest absolute Gasteiger partial charge is 0.416 e. The van der Waals surface area contributed by atoms with Gasteiger partial charge >= 0.3 is 6.18 Å². The van der Waals surface area contributed by atoms with Crippen LogP contribution in [0.1, 0.15) is 21.6 Å². The number of carbonyl (C=O) groups is 1. The highest BCUT2D eigenvalue weighted by molar-refractivity contribution is 7.12. The van der Waals surface area contributed by atoms with Crippen molar-refractivity contribution in [2.24, 2.45) is 0 Å². The van der Waals surface area contributed by atoms with Crippen LogP contribution in [0.25, 0.3) is 16.4 Å². The van der Waals surface area contributed by atoms with Crippen molar-refractivity contribution in [3.8, 4) is 22.1 Å². The number of amides is 1. The third kappa shape index (κ3) is 4.50. The maximum atomic E-state index is 12.7. The molecule has 6 nitrogen and oxygen atoms in total. The Balaban J connectivity index is 1.57. The van der Waals surface area contributed by atoms with Gasteiger partial charge in [-0.05, 0) is 55.5 Å². The van der Waals surface area contributed by atoms with Crippen LogP contribution in [0.2, 0.25) is 0 Å². The number of aromatic nitrogens is 3. The number of ether oxygens (including phenoxy) is 1. The highest BCUT2D eigenvalue weighted by Crippen LogP contribution is 2.30. The molecule has 164 valence electrons. The molecule has 0 spiro atoms. The second-order valence-electron chi connectivity index (χ2n) is 6.86. The van der Waals surface area contributed by atoms with Crippen LogP contribution < -0.4 is 10.1 Å². The van der Waals surface area contributed by atoms with Crippen LogP contribution in [0.15, 0.2) is 60.0 Å². The molecule has 4 aromatic rings. The summed E-state index contributed by atoms with van der Waals surface area (Å²) in [6.45, 7) is 1.77. The first-order valence-electron chi connectivity index (χ1n) is 9.40. The third-order valence-electron chi connectivity index (χ3n) is 4.61. The maximum absolute atomic E-state index is 12.7. The summed E-state index contributed by atoms with van der Waals surface area (Å²) in [6, 6.07) is 13.1. The van der Waals surface area contributed by atoms with E-state index in [1.807, 2.05) is 29.6 Å². The highest BCUT2D eigenvalue weighted by Gasteiger charge is 2.30. The van der Waals surface area contributed by atoms with Crippen LogP contribution in [0.5, 0.6) is 5.75 Å². The van der Waals surface area contributed by atoms with Gasteiger partial charge in [0.25, 0.3) is 5.91 Å². The van der Waals surface area contributed by atoms with Gasteiger partial charge in [-0.3, -0.25) is 4.79 Å². The van der Waals surface area contributed by atoms with E-state index in [9.17, 15) is 18.0 Å². The van der Waals surface area contributed by atoms with Crippen molar-refractivity contribution in [3.05, 3.63) is 76.8 Å². The number of anilines is 1. The number of carbonyl (C=O) groups excluding carboxylic acids is 1. The van der Waals surface area contributed by atoms with Gasteiger partial charge in [0.1, 0.15) is 11.6 Å². The standard InChI is InChI=1S/C22H17F3N4O2S/c1-13-11-19(27-20(30)15-3-7-16(8-4-15)22(23,24)25)29(28-13)21-26-18(12-32-21)14-5-9-17(31-2)10-6-14/h3-12H,1-2H3,(H,27,30). The molecule has 0 atom stereocenters. The molecule has 2 aromatic heterocycles. The summed E-state index contributed by atoms with van der Waals surface area (Å²) in [6.07, 6.45) is -4.46. The Morgan fingerprint density at radius 1 is 1.09 bits per heavy atom. The fourth-order valence-corrected chi connectivity index (χ4v) is 3.79. The molecule has 32 heavy (non-hydrogen) atoms. The highest BCUT2D eigenvalue weighted by atomic mass is 32.1. The lowest BCUT2D eigenvalue weighted by atomic mass is 10.1. The molecule has 0 aliphatic rings. The summed E-state index contributed by atoms with van der Waals surface area (Å²) < 4.78 is 44.9. The van der Waals surface area contributed by atoms with E-state index < -0.39 is 17.6 Å². The summed E-state index contributed by atoms with van der Waals surface area (Å²) in [5.74, 6) is 0.551. The van der Waals surface area contributed by atoms with E-state index in [-0.39, 0.29) is 5.56 Å². The molecule has 2 heterocycles. The molecule has 0 fully saturated rings. The quantitative estimate of drug-likeness (QED) is 0.424. The minimum atomic E-state index is -4.46. The fourth-order valence-electron chi connectivity index (χ4n) is 2.99. The Kier molecular flexibility index (Phi) is 5.70. The van der Waals surface area contributed by atoms with Gasteiger partial charge in [0.2, 0.25) is 5.13 Å². The van der Waals surface area contributed by atoms with Crippen molar-refractivity contribution in [3.63, 3.8) is 0 Å². The van der Waals surface area contributed by atoms with Crippen molar-refractivity contribution < 1.29 is 22.7 Å². The molecule has 1 amide bonds. The average Bonchev–Trinajstić information content (AvgIpc) is 3.40. The van der Waals surface area contributed by atoms with Crippen molar-refractivity contribution in [1.29, 1.82) is 0 Å². The molecular formula is C22H17F3N4O2S. The molecule has 0 saturated carbocycles. The number of alkyl halides is 3. The zero-order valence-corrected chi connectivity index (χ0v) is 17.8. The first kappa shape index (κ1) is 21.6. The van der Waals surface area contributed by atoms with E-state index in [1.165, 1.54) is 16.0 Å². The van der Waals surface area contributed by atoms with E-state index in [1.54, 1.807) is 20.1 Å². The second kappa shape index (κ2) is 8.46. The Hall–Kier alpha value is -3.66. The van der Waals surface area contributed by atoms with Gasteiger partial charge in [0.05, 0.1) is 24.1 Å². The van der Waals surface area contributed by atoms with Gasteiger partial charge in [0.15, 0.2) is 0 Å². The Labute approximate surface area is 185 Å². The molecule has 0 unspecified atom stereocenters. The Morgan fingerprint density at radius 3 is 2.41 bits per heavy atom. The van der Waals surface area contributed by atoms with E-state index in [2.05, 4.69) is 15.4 Å². The second-order valence-corrected chi connectivity index (χ2v) is 7.69. The molecule has 0 radical (unpaired) electrons. The van der Waals surface area contributed by atoms with E-state index in [0.717, 1.165) is 41.3 Å². The van der Waals surface area contributed by atoms with Gasteiger partial charge in [-0.2, -0.15) is 23.0 Å². The van der Waals surface area contributed by atoms with Crippen LogP contribution in [0, 0.1) is 6.92 Å². The number of nitrogens with one attached hydrogen (secondary N) is 1. The van der Waals surface area contributed by atoms with Gasteiger partial charge in [0, 0.05) is 22.6 Å². The normalized spacial score (nSPS) is 11.4. The lowest BCUT2D eigenvalue weighted by Gasteiger charge is -2.09. The van der Waals surface area contributed by atoms with E-state index in [0.29, 0.717) is 16.6 Å². The van der Waals surface area contributed by atoms with E-state index in [4.69, 9.17) is 4.74 Å². The monoisotopic (exact) mass is 458 g/mol. The Bertz CT molecular complexity index is 1250. The van der Waals surface area contributed by atoms with Crippen molar-refractivity contribution in [1.82, 2.24) is 14.8 Å². The molecule has 10 heteroatoms. The SMILES string of the molecule is COc1ccc(-c2csc(-n3nc(C)cc3NC(=O)c3ccc(C(F)(F)F)cc3)n2)cc1. The van der Waals surface area contributed by atoms with Crippen molar-refractivity contribution >= 4 is 23.1 Å². The molecular weight excluding hydrogens is 441 g/mol. The summed E-state index contributed by atoms with van der Waals surface area (Å²) in [5.41, 5.74) is 1.56. The number of hydrogen-bond donors (Lipinski definition) is 1. The molecule has 4 rings (SSSR count). The van der Waals surface area contributed by atoms with Crippen LogP contribution in [-0.4, -0.2) is 27.8 Å². The molecule has 0 saturated heterocycles.